The van der Waals surface area contributed by atoms with E-state index in [0.29, 0.717) is 46.5 Å². The number of pyridine rings is 1. The van der Waals surface area contributed by atoms with Crippen molar-refractivity contribution in [2.24, 2.45) is 0 Å². The molecule has 10 heteroatoms. The molecule has 8 nitrogen and oxygen atoms in total. The summed E-state index contributed by atoms with van der Waals surface area (Å²) in [6.07, 6.45) is 2.82. The van der Waals surface area contributed by atoms with Crippen molar-refractivity contribution in [3.8, 4) is 6.07 Å². The number of nitrogens with zero attached hydrogens (tertiary/aromatic N) is 5. The fraction of sp³-hybridized carbons (Fsp3) is 0.316. The van der Waals surface area contributed by atoms with Crippen LogP contribution in [-0.4, -0.2) is 49.0 Å². The van der Waals surface area contributed by atoms with Gasteiger partial charge in [-0.3, -0.25) is 4.98 Å². The first kappa shape index (κ1) is 19.3. The Bertz CT molecular complexity index is 1200. The van der Waals surface area contributed by atoms with Gasteiger partial charge in [-0.1, -0.05) is 5.16 Å². The van der Waals surface area contributed by atoms with E-state index in [1.54, 1.807) is 6.92 Å². The second-order valence-corrected chi connectivity index (χ2v) is 8.85. The third kappa shape index (κ3) is 3.66. The molecule has 150 valence electrons. The third-order valence-corrected chi connectivity index (χ3v) is 6.80. The molecule has 0 bridgehead atoms. The molecule has 0 aliphatic carbocycles. The number of nitriles is 1. The van der Waals surface area contributed by atoms with Gasteiger partial charge < -0.3 is 9.42 Å². The van der Waals surface area contributed by atoms with Crippen molar-refractivity contribution in [2.45, 2.75) is 12.7 Å². The van der Waals surface area contributed by atoms with Gasteiger partial charge in [0.1, 0.15) is 23.9 Å². The molecule has 29 heavy (non-hydrogen) atoms. The van der Waals surface area contributed by atoms with E-state index in [-0.39, 0.29) is 18.8 Å². The van der Waals surface area contributed by atoms with Gasteiger partial charge in [-0.2, -0.15) is 9.57 Å². The predicted octanol–water partition coefficient (Wildman–Crippen LogP) is 2.19. The Balaban J connectivity index is 1.62. The highest BCUT2D eigenvalue weighted by molar-refractivity contribution is 7.88. The number of aryl methyl sites for hydroxylation is 1. The fourth-order valence-electron chi connectivity index (χ4n) is 3.63. The Morgan fingerprint density at radius 1 is 1.28 bits per heavy atom. The maximum absolute atomic E-state index is 14.0. The van der Waals surface area contributed by atoms with Crippen molar-refractivity contribution >= 4 is 26.6 Å². The molecule has 0 N–H and O–H groups in total. The summed E-state index contributed by atoms with van der Waals surface area (Å²) in [5.41, 5.74) is 2.58. The minimum Gasteiger partial charge on any atom is -0.367 e. The van der Waals surface area contributed by atoms with E-state index in [4.69, 9.17) is 4.52 Å². The number of benzene rings is 1. The molecule has 2 aromatic heterocycles. The van der Waals surface area contributed by atoms with Gasteiger partial charge in [-0.15, -0.1) is 0 Å². The number of aromatic nitrogens is 2. The Morgan fingerprint density at radius 3 is 2.69 bits per heavy atom. The first-order valence-corrected chi connectivity index (χ1v) is 10.6. The van der Waals surface area contributed by atoms with Crippen molar-refractivity contribution in [1.29, 1.82) is 5.26 Å². The summed E-state index contributed by atoms with van der Waals surface area (Å²) in [7, 11) is -3.54. The first-order valence-electron chi connectivity index (χ1n) is 9.00. The average molecular weight is 415 g/mol. The predicted molar refractivity (Wildman–Crippen MR) is 104 cm³/mol. The summed E-state index contributed by atoms with van der Waals surface area (Å²) in [6, 6.07) is 6.42. The Morgan fingerprint density at radius 2 is 2.03 bits per heavy atom. The van der Waals surface area contributed by atoms with Crippen LogP contribution in [-0.2, 0) is 15.8 Å². The van der Waals surface area contributed by atoms with Crippen LogP contribution in [0.15, 0.2) is 35.2 Å². The Hall–Kier alpha value is -3.03. The van der Waals surface area contributed by atoms with Gasteiger partial charge in [-0.05, 0) is 24.6 Å². The summed E-state index contributed by atoms with van der Waals surface area (Å²) < 4.78 is 45.4. The van der Waals surface area contributed by atoms with Gasteiger partial charge in [0.25, 0.3) is 0 Å². The standard InChI is InChI=1S/C19H18FN5O3S/c1-13-8-15(20)9-17-18(13)22-11-14(10-21)19(17)24-3-5-25(6-4-24)29(26,27)12-16-2-7-28-23-16/h2,7-9,11H,3-6,12H2,1H3. The molecule has 0 saturated carbocycles. The monoisotopic (exact) mass is 415 g/mol. The van der Waals surface area contributed by atoms with Crippen LogP contribution in [0, 0.1) is 24.1 Å². The molecular weight excluding hydrogens is 397 g/mol. The molecule has 1 aliphatic heterocycles. The number of piperazine rings is 1. The molecule has 1 fully saturated rings. The van der Waals surface area contributed by atoms with E-state index in [9.17, 15) is 18.1 Å². The number of anilines is 1. The summed E-state index contributed by atoms with van der Waals surface area (Å²) in [5.74, 6) is -0.628. The Kier molecular flexibility index (Phi) is 4.94. The van der Waals surface area contributed by atoms with Crippen molar-refractivity contribution in [3.05, 3.63) is 53.3 Å². The Labute approximate surface area is 167 Å². The van der Waals surface area contributed by atoms with Crippen LogP contribution in [0.25, 0.3) is 10.9 Å². The van der Waals surface area contributed by atoms with E-state index < -0.39 is 15.8 Å². The van der Waals surface area contributed by atoms with Gasteiger partial charge in [0.15, 0.2) is 0 Å². The summed E-state index contributed by atoms with van der Waals surface area (Å²) in [4.78, 5) is 6.23. The van der Waals surface area contributed by atoms with Crippen LogP contribution in [0.5, 0.6) is 0 Å². The highest BCUT2D eigenvalue weighted by Crippen LogP contribution is 2.32. The second-order valence-electron chi connectivity index (χ2n) is 6.88. The molecule has 0 radical (unpaired) electrons. The molecule has 1 aliphatic rings. The lowest BCUT2D eigenvalue weighted by Crippen LogP contribution is -2.49. The van der Waals surface area contributed by atoms with E-state index in [2.05, 4.69) is 16.2 Å². The summed E-state index contributed by atoms with van der Waals surface area (Å²) >= 11 is 0. The van der Waals surface area contributed by atoms with Crippen LogP contribution < -0.4 is 4.90 Å². The first-order chi connectivity index (χ1) is 13.9. The molecule has 0 spiro atoms. The quantitative estimate of drug-likeness (QED) is 0.643. The fourth-order valence-corrected chi connectivity index (χ4v) is 5.05. The maximum Gasteiger partial charge on any atom is 0.220 e. The molecular formula is C19H18FN5O3S. The van der Waals surface area contributed by atoms with Crippen molar-refractivity contribution in [2.75, 3.05) is 31.1 Å². The van der Waals surface area contributed by atoms with Crippen LogP contribution in [0.1, 0.15) is 16.8 Å². The van der Waals surface area contributed by atoms with Crippen LogP contribution in [0.3, 0.4) is 0 Å². The van der Waals surface area contributed by atoms with Gasteiger partial charge >= 0.3 is 0 Å². The summed E-state index contributed by atoms with van der Waals surface area (Å²) in [6.45, 7) is 3.03. The van der Waals surface area contributed by atoms with Crippen molar-refractivity contribution in [3.63, 3.8) is 0 Å². The van der Waals surface area contributed by atoms with Crippen molar-refractivity contribution in [1.82, 2.24) is 14.4 Å². The number of sulfonamides is 1. The smallest absolute Gasteiger partial charge is 0.220 e. The minimum absolute atomic E-state index is 0.227. The summed E-state index contributed by atoms with van der Waals surface area (Å²) in [5, 5.41) is 13.8. The average Bonchev–Trinajstić information content (AvgIpc) is 3.19. The van der Waals surface area contributed by atoms with Crippen LogP contribution in [0.4, 0.5) is 10.1 Å². The molecule has 0 unspecified atom stereocenters. The lowest BCUT2D eigenvalue weighted by atomic mass is 10.0. The number of hydrogen-bond donors (Lipinski definition) is 0. The lowest BCUT2D eigenvalue weighted by Gasteiger charge is -2.36. The number of hydrogen-bond acceptors (Lipinski definition) is 7. The van der Waals surface area contributed by atoms with E-state index in [1.807, 2.05) is 4.90 Å². The highest BCUT2D eigenvalue weighted by Gasteiger charge is 2.29. The second kappa shape index (κ2) is 7.42. The zero-order chi connectivity index (χ0) is 20.6. The number of halogens is 1. The largest absolute Gasteiger partial charge is 0.367 e. The SMILES string of the molecule is Cc1cc(F)cc2c(N3CCN(S(=O)(=O)Cc4ccon4)CC3)c(C#N)cnc12. The van der Waals surface area contributed by atoms with Gasteiger partial charge in [0.2, 0.25) is 10.0 Å². The maximum atomic E-state index is 14.0. The topological polar surface area (TPSA) is 103 Å². The zero-order valence-electron chi connectivity index (χ0n) is 15.7. The van der Waals surface area contributed by atoms with Gasteiger partial charge in [0, 0.05) is 43.8 Å². The molecule has 1 aromatic carbocycles. The molecule has 3 aromatic rings. The minimum atomic E-state index is -3.54. The molecule has 0 amide bonds. The van der Waals surface area contributed by atoms with Gasteiger partial charge in [-0.25, -0.2) is 12.8 Å². The molecule has 4 rings (SSSR count). The molecule has 1 saturated heterocycles. The highest BCUT2D eigenvalue weighted by atomic mass is 32.2. The normalized spacial score (nSPS) is 15.6. The molecule has 3 heterocycles. The zero-order valence-corrected chi connectivity index (χ0v) is 16.5. The molecule has 0 atom stereocenters. The number of rotatable bonds is 4. The lowest BCUT2D eigenvalue weighted by molar-refractivity contribution is 0.382. The van der Waals surface area contributed by atoms with Crippen molar-refractivity contribution < 1.29 is 17.3 Å². The van der Waals surface area contributed by atoms with Crippen LogP contribution >= 0.6 is 0 Å². The van der Waals surface area contributed by atoms with E-state index in [1.165, 1.54) is 35.0 Å². The number of fused-ring (bicyclic) bond motifs is 1. The van der Waals surface area contributed by atoms with Crippen LogP contribution in [0.2, 0.25) is 0 Å². The third-order valence-electron chi connectivity index (χ3n) is 4.99. The van der Waals surface area contributed by atoms with E-state index >= 15 is 0 Å². The van der Waals surface area contributed by atoms with E-state index in [0.717, 1.165) is 0 Å². The van der Waals surface area contributed by atoms with Gasteiger partial charge in [0.05, 0.1) is 22.5 Å².